The van der Waals surface area contributed by atoms with E-state index < -0.39 is 6.03 Å². The maximum Gasteiger partial charge on any atom is 0.350 e. The minimum Gasteiger partial charge on any atom is -0.341 e. The highest BCUT2D eigenvalue weighted by atomic mass is 16.7. The van der Waals surface area contributed by atoms with E-state index in [0.717, 1.165) is 56.6 Å². The van der Waals surface area contributed by atoms with Crippen LogP contribution in [0.3, 0.4) is 0 Å². The molecule has 1 heterocycles. The van der Waals surface area contributed by atoms with Gasteiger partial charge in [-0.05, 0) is 59.2 Å². The van der Waals surface area contributed by atoms with Crippen molar-refractivity contribution in [3.63, 3.8) is 0 Å². The lowest BCUT2D eigenvalue weighted by molar-refractivity contribution is -0.157. The standard InChI is InChI=1S/C36H70N6O5/c1-6-7-8-9-10-11-12-13-14-15-16-17-18-19-20-22-30-41(34(44)37-2)36(46)40-29-23-21-25-33(40)26-31-47-42(32-43)35(45)39(5)28-24-27-38(3)4/h32-33H,6-31H2,1-5H3,(H,37,44). The van der Waals surface area contributed by atoms with Crippen LogP contribution in [0, 0.1) is 0 Å². The number of carbonyl (C=O) groups excluding carboxylic acids is 4. The van der Waals surface area contributed by atoms with Crippen molar-refractivity contribution in [1.29, 1.82) is 0 Å². The number of hydrogen-bond acceptors (Lipinski definition) is 6. The maximum atomic E-state index is 13.6. The van der Waals surface area contributed by atoms with Crippen molar-refractivity contribution < 1.29 is 24.0 Å². The Labute approximate surface area is 287 Å². The van der Waals surface area contributed by atoms with Crippen molar-refractivity contribution in [2.75, 3.05) is 61.0 Å². The predicted octanol–water partition coefficient (Wildman–Crippen LogP) is 7.65. The summed E-state index contributed by atoms with van der Waals surface area (Å²) in [6, 6.07) is -1.30. The highest BCUT2D eigenvalue weighted by Crippen LogP contribution is 2.22. The molecule has 1 aliphatic heterocycles. The summed E-state index contributed by atoms with van der Waals surface area (Å²) < 4.78 is 0. The van der Waals surface area contributed by atoms with E-state index in [1.54, 1.807) is 19.0 Å². The van der Waals surface area contributed by atoms with Gasteiger partial charge in [0.2, 0.25) is 6.41 Å². The van der Waals surface area contributed by atoms with Crippen LogP contribution in [0.5, 0.6) is 0 Å². The first kappa shape index (κ1) is 42.6. The normalized spacial score (nSPS) is 14.7. The van der Waals surface area contributed by atoms with Crippen molar-refractivity contribution in [3.8, 4) is 0 Å². The zero-order valence-corrected chi connectivity index (χ0v) is 30.8. The van der Waals surface area contributed by atoms with Crippen LogP contribution >= 0.6 is 0 Å². The van der Waals surface area contributed by atoms with Crippen molar-refractivity contribution in [1.82, 2.24) is 30.0 Å². The fraction of sp³-hybridized carbons (Fsp3) is 0.889. The summed E-state index contributed by atoms with van der Waals surface area (Å²) in [5.74, 6) is 0. The molecule has 1 N–H and O–H groups in total. The molecule has 0 saturated carbocycles. The minimum atomic E-state index is -0.514. The lowest BCUT2D eigenvalue weighted by atomic mass is 10.00. The number of rotatable bonds is 26. The molecule has 11 heteroatoms. The summed E-state index contributed by atoms with van der Waals surface area (Å²) in [7, 11) is 7.14. The number of amides is 7. The van der Waals surface area contributed by atoms with Gasteiger partial charge in [0.25, 0.3) is 0 Å². The summed E-state index contributed by atoms with van der Waals surface area (Å²) in [6.07, 6.45) is 24.7. The van der Waals surface area contributed by atoms with E-state index >= 15 is 0 Å². The molecule has 7 amide bonds. The molecule has 1 aliphatic rings. The zero-order chi connectivity index (χ0) is 34.7. The van der Waals surface area contributed by atoms with Crippen LogP contribution in [-0.4, -0.2) is 116 Å². The van der Waals surface area contributed by atoms with Gasteiger partial charge in [-0.2, -0.15) is 0 Å². The van der Waals surface area contributed by atoms with Crippen LogP contribution in [0.25, 0.3) is 0 Å². The van der Waals surface area contributed by atoms with Crippen LogP contribution in [-0.2, 0) is 9.63 Å². The Hall–Kier alpha value is -2.40. The summed E-state index contributed by atoms with van der Waals surface area (Å²) in [4.78, 5) is 62.8. The summed E-state index contributed by atoms with van der Waals surface area (Å²) in [5.41, 5.74) is 0. The van der Waals surface area contributed by atoms with Gasteiger partial charge in [0.05, 0.1) is 6.61 Å². The minimum absolute atomic E-state index is 0.115. The zero-order valence-electron chi connectivity index (χ0n) is 30.8. The van der Waals surface area contributed by atoms with Crippen LogP contribution < -0.4 is 5.32 Å². The van der Waals surface area contributed by atoms with Gasteiger partial charge < -0.3 is 20.0 Å². The van der Waals surface area contributed by atoms with Gasteiger partial charge in [0.1, 0.15) is 0 Å². The second-order valence-electron chi connectivity index (χ2n) is 13.5. The molecule has 0 bridgehead atoms. The molecule has 1 atom stereocenters. The number of piperidine rings is 1. The van der Waals surface area contributed by atoms with E-state index in [4.69, 9.17) is 4.84 Å². The van der Waals surface area contributed by atoms with Crippen molar-refractivity contribution >= 4 is 24.5 Å². The summed E-state index contributed by atoms with van der Waals surface area (Å²) in [6.45, 7) is 4.68. The van der Waals surface area contributed by atoms with Gasteiger partial charge in [-0.1, -0.05) is 103 Å². The third kappa shape index (κ3) is 19.3. The second kappa shape index (κ2) is 27.5. The van der Waals surface area contributed by atoms with Crippen molar-refractivity contribution in [3.05, 3.63) is 0 Å². The molecule has 11 nitrogen and oxygen atoms in total. The second-order valence-corrected chi connectivity index (χ2v) is 13.5. The quantitative estimate of drug-likeness (QED) is 0.0578. The molecule has 0 aromatic carbocycles. The first-order valence-corrected chi connectivity index (χ1v) is 18.8. The molecule has 0 aliphatic carbocycles. The number of unbranched alkanes of at least 4 members (excludes halogenated alkanes) is 15. The molecule has 0 radical (unpaired) electrons. The first-order chi connectivity index (χ1) is 22.8. The van der Waals surface area contributed by atoms with Crippen LogP contribution in [0.15, 0.2) is 0 Å². The third-order valence-electron chi connectivity index (χ3n) is 9.19. The molecule has 1 unspecified atom stereocenters. The number of likely N-dealkylation sites (tertiary alicyclic amines) is 1. The highest BCUT2D eigenvalue weighted by Gasteiger charge is 2.32. The van der Waals surface area contributed by atoms with Crippen LogP contribution in [0.4, 0.5) is 14.4 Å². The third-order valence-corrected chi connectivity index (χ3v) is 9.19. The largest absolute Gasteiger partial charge is 0.350 e. The number of hydrogen-bond donors (Lipinski definition) is 1. The van der Waals surface area contributed by atoms with Crippen LogP contribution in [0.2, 0.25) is 0 Å². The topological polar surface area (TPSA) is 106 Å². The highest BCUT2D eigenvalue weighted by molar-refractivity contribution is 5.93. The number of nitrogens with zero attached hydrogens (tertiary/aromatic N) is 5. The Morgan fingerprint density at radius 2 is 1.32 bits per heavy atom. The lowest BCUT2D eigenvalue weighted by Crippen LogP contribution is -2.54. The molecule has 274 valence electrons. The van der Waals surface area contributed by atoms with E-state index in [2.05, 4.69) is 12.2 Å². The van der Waals surface area contributed by atoms with Gasteiger partial charge in [-0.25, -0.2) is 19.3 Å². The maximum absolute atomic E-state index is 13.6. The molecular formula is C36H70N6O5. The van der Waals surface area contributed by atoms with Gasteiger partial charge >= 0.3 is 18.1 Å². The Kier molecular flexibility index (Phi) is 25.0. The summed E-state index contributed by atoms with van der Waals surface area (Å²) in [5, 5.41) is 3.37. The Bertz CT molecular complexity index is 845. The Balaban J connectivity index is 2.39. The molecule has 0 spiro atoms. The molecule has 1 saturated heterocycles. The number of urea groups is 3. The average Bonchev–Trinajstić information content (AvgIpc) is 3.07. The number of imide groups is 2. The first-order valence-electron chi connectivity index (χ1n) is 18.8. The Morgan fingerprint density at radius 3 is 1.83 bits per heavy atom. The number of carbonyl (C=O) groups is 4. The van der Waals surface area contributed by atoms with E-state index in [1.165, 1.54) is 93.3 Å². The van der Waals surface area contributed by atoms with E-state index in [-0.39, 0.29) is 24.7 Å². The molecular weight excluding hydrogens is 596 g/mol. The monoisotopic (exact) mass is 667 g/mol. The van der Waals surface area contributed by atoms with Crippen LogP contribution in [0.1, 0.15) is 142 Å². The molecule has 1 rings (SSSR count). The average molecular weight is 667 g/mol. The number of hydroxylamine groups is 2. The van der Waals surface area contributed by atoms with Gasteiger partial charge in [-0.3, -0.25) is 9.63 Å². The fourth-order valence-electron chi connectivity index (χ4n) is 6.25. The van der Waals surface area contributed by atoms with Crippen molar-refractivity contribution in [2.45, 2.75) is 148 Å². The van der Waals surface area contributed by atoms with Gasteiger partial charge in [0, 0.05) is 39.8 Å². The van der Waals surface area contributed by atoms with Crippen molar-refractivity contribution in [2.24, 2.45) is 0 Å². The smallest absolute Gasteiger partial charge is 0.341 e. The molecule has 0 aromatic heterocycles. The number of nitrogens with one attached hydrogen (secondary N) is 1. The van der Waals surface area contributed by atoms with Gasteiger partial charge in [-0.15, -0.1) is 5.06 Å². The van der Waals surface area contributed by atoms with E-state index in [9.17, 15) is 19.2 Å². The molecule has 1 fully saturated rings. The summed E-state index contributed by atoms with van der Waals surface area (Å²) >= 11 is 0. The predicted molar refractivity (Wildman–Crippen MR) is 190 cm³/mol. The molecule has 0 aromatic rings. The fourth-order valence-corrected chi connectivity index (χ4v) is 6.25. The Morgan fingerprint density at radius 1 is 0.766 bits per heavy atom. The lowest BCUT2D eigenvalue weighted by Gasteiger charge is -2.38. The SMILES string of the molecule is CCCCCCCCCCCCCCCCCCN(C(=O)NC)C(=O)N1CCCCC1CCON(C=O)C(=O)N(C)CCCN(C)C. The molecule has 47 heavy (non-hydrogen) atoms. The van der Waals surface area contributed by atoms with E-state index in [0.29, 0.717) is 32.5 Å². The van der Waals surface area contributed by atoms with E-state index in [1.807, 2.05) is 19.0 Å². The van der Waals surface area contributed by atoms with Gasteiger partial charge in [0.15, 0.2) is 0 Å².